The Kier molecular flexibility index (Phi) is 1.77. The van der Waals surface area contributed by atoms with E-state index in [2.05, 4.69) is 21.5 Å². The van der Waals surface area contributed by atoms with Gasteiger partial charge in [-0.25, -0.2) is 4.98 Å². The molecular formula is C8H14N4. The SMILES string of the molecule is CN1CCC(n2ccnc2N)C1. The van der Waals surface area contributed by atoms with E-state index < -0.39 is 0 Å². The van der Waals surface area contributed by atoms with Gasteiger partial charge in [0.25, 0.3) is 0 Å². The molecule has 12 heavy (non-hydrogen) atoms. The molecule has 1 atom stereocenters. The van der Waals surface area contributed by atoms with Crippen LogP contribution in [0.5, 0.6) is 0 Å². The van der Waals surface area contributed by atoms with Crippen LogP contribution in [0.4, 0.5) is 5.95 Å². The number of likely N-dealkylation sites (N-methyl/N-ethyl adjacent to an activating group) is 1. The van der Waals surface area contributed by atoms with Crippen LogP contribution in [0.1, 0.15) is 12.5 Å². The summed E-state index contributed by atoms with van der Waals surface area (Å²) < 4.78 is 2.06. The molecule has 2 N–H and O–H groups in total. The van der Waals surface area contributed by atoms with Crippen LogP contribution in [-0.4, -0.2) is 34.6 Å². The molecule has 1 unspecified atom stereocenters. The molecular weight excluding hydrogens is 152 g/mol. The maximum absolute atomic E-state index is 5.70. The molecule has 0 radical (unpaired) electrons. The van der Waals surface area contributed by atoms with Crippen molar-refractivity contribution in [3.05, 3.63) is 12.4 Å². The van der Waals surface area contributed by atoms with Crippen LogP contribution >= 0.6 is 0 Å². The summed E-state index contributed by atoms with van der Waals surface area (Å²) in [4.78, 5) is 6.32. The Hall–Kier alpha value is -1.03. The van der Waals surface area contributed by atoms with Crippen molar-refractivity contribution < 1.29 is 0 Å². The molecule has 0 amide bonds. The normalized spacial score (nSPS) is 24.9. The van der Waals surface area contributed by atoms with Crippen LogP contribution in [0.25, 0.3) is 0 Å². The summed E-state index contributed by atoms with van der Waals surface area (Å²) in [6.07, 6.45) is 4.89. The molecule has 4 heteroatoms. The Morgan fingerprint density at radius 1 is 1.67 bits per heavy atom. The molecule has 1 fully saturated rings. The number of hydrogen-bond acceptors (Lipinski definition) is 3. The number of nitrogen functional groups attached to an aromatic ring is 1. The van der Waals surface area contributed by atoms with Gasteiger partial charge in [-0.1, -0.05) is 0 Å². The second kappa shape index (κ2) is 2.79. The van der Waals surface area contributed by atoms with Gasteiger partial charge in [0.1, 0.15) is 0 Å². The molecule has 1 aliphatic heterocycles. The average molecular weight is 166 g/mol. The highest BCUT2D eigenvalue weighted by Crippen LogP contribution is 2.21. The number of anilines is 1. The molecule has 0 bridgehead atoms. The number of hydrogen-bond donors (Lipinski definition) is 1. The molecule has 2 heterocycles. The number of nitrogens with two attached hydrogens (primary N) is 1. The lowest BCUT2D eigenvalue weighted by Crippen LogP contribution is -2.17. The Labute approximate surface area is 72.0 Å². The molecule has 0 spiro atoms. The van der Waals surface area contributed by atoms with Gasteiger partial charge in [-0.05, 0) is 20.0 Å². The van der Waals surface area contributed by atoms with Crippen molar-refractivity contribution in [2.75, 3.05) is 25.9 Å². The predicted octanol–water partition coefficient (Wildman–Crippen LogP) is 0.342. The molecule has 1 aromatic heterocycles. The fraction of sp³-hybridized carbons (Fsp3) is 0.625. The lowest BCUT2D eigenvalue weighted by Gasteiger charge is -2.12. The monoisotopic (exact) mass is 166 g/mol. The first-order valence-electron chi connectivity index (χ1n) is 4.24. The number of rotatable bonds is 1. The quantitative estimate of drug-likeness (QED) is 0.654. The highest BCUT2D eigenvalue weighted by atomic mass is 15.2. The van der Waals surface area contributed by atoms with Crippen LogP contribution in [0, 0.1) is 0 Å². The standard InChI is InChI=1S/C8H14N4/c1-11-4-2-7(6-11)12-5-3-10-8(12)9/h3,5,7H,2,4,6H2,1H3,(H2,9,10). The molecule has 2 rings (SSSR count). The lowest BCUT2D eigenvalue weighted by molar-refractivity contribution is 0.393. The minimum Gasteiger partial charge on any atom is -0.369 e. The van der Waals surface area contributed by atoms with Gasteiger partial charge in [-0.2, -0.15) is 0 Å². The second-order valence-electron chi connectivity index (χ2n) is 3.40. The van der Waals surface area contributed by atoms with Gasteiger partial charge in [-0.15, -0.1) is 0 Å². The van der Waals surface area contributed by atoms with Gasteiger partial charge in [0.05, 0.1) is 6.04 Å². The number of nitrogens with zero attached hydrogens (tertiary/aromatic N) is 3. The first-order chi connectivity index (χ1) is 5.77. The zero-order valence-corrected chi connectivity index (χ0v) is 7.27. The maximum Gasteiger partial charge on any atom is 0.200 e. The molecule has 1 aromatic rings. The molecule has 4 nitrogen and oxygen atoms in total. The summed E-state index contributed by atoms with van der Waals surface area (Å²) in [6.45, 7) is 2.24. The van der Waals surface area contributed by atoms with E-state index >= 15 is 0 Å². The molecule has 0 aromatic carbocycles. The van der Waals surface area contributed by atoms with E-state index in [9.17, 15) is 0 Å². The van der Waals surface area contributed by atoms with E-state index in [0.29, 0.717) is 12.0 Å². The minimum absolute atomic E-state index is 0.525. The van der Waals surface area contributed by atoms with Gasteiger partial charge >= 0.3 is 0 Å². The fourth-order valence-electron chi connectivity index (χ4n) is 1.77. The molecule has 0 aliphatic carbocycles. The third-order valence-corrected chi connectivity index (χ3v) is 2.46. The van der Waals surface area contributed by atoms with E-state index in [1.807, 2.05) is 6.20 Å². The topological polar surface area (TPSA) is 47.1 Å². The summed E-state index contributed by atoms with van der Waals surface area (Å²) in [6, 6.07) is 0.525. The van der Waals surface area contributed by atoms with Crippen molar-refractivity contribution in [2.45, 2.75) is 12.5 Å². The highest BCUT2D eigenvalue weighted by Gasteiger charge is 2.21. The van der Waals surface area contributed by atoms with Gasteiger partial charge in [0, 0.05) is 18.9 Å². The van der Waals surface area contributed by atoms with E-state index in [-0.39, 0.29) is 0 Å². The predicted molar refractivity (Wildman–Crippen MR) is 47.8 cm³/mol. The number of likely N-dealkylation sites (tertiary alicyclic amines) is 1. The van der Waals surface area contributed by atoms with Crippen LogP contribution in [0.15, 0.2) is 12.4 Å². The molecule has 1 saturated heterocycles. The van der Waals surface area contributed by atoms with Crippen molar-refractivity contribution in [1.29, 1.82) is 0 Å². The first-order valence-corrected chi connectivity index (χ1v) is 4.24. The van der Waals surface area contributed by atoms with Crippen molar-refractivity contribution >= 4 is 5.95 Å². The molecule has 1 aliphatic rings. The first kappa shape index (κ1) is 7.61. The zero-order chi connectivity index (χ0) is 8.55. The number of aromatic nitrogens is 2. The minimum atomic E-state index is 0.525. The molecule has 0 saturated carbocycles. The Morgan fingerprint density at radius 2 is 2.50 bits per heavy atom. The zero-order valence-electron chi connectivity index (χ0n) is 7.27. The highest BCUT2D eigenvalue weighted by molar-refractivity contribution is 5.18. The van der Waals surface area contributed by atoms with Gasteiger partial charge in [-0.3, -0.25) is 0 Å². The van der Waals surface area contributed by atoms with E-state index in [4.69, 9.17) is 5.73 Å². The van der Waals surface area contributed by atoms with Gasteiger partial charge < -0.3 is 15.2 Å². The Morgan fingerprint density at radius 3 is 3.00 bits per heavy atom. The number of imidazole rings is 1. The van der Waals surface area contributed by atoms with E-state index in [1.165, 1.54) is 6.42 Å². The maximum atomic E-state index is 5.70. The van der Waals surface area contributed by atoms with Crippen LogP contribution in [0.2, 0.25) is 0 Å². The molecule has 66 valence electrons. The summed E-state index contributed by atoms with van der Waals surface area (Å²) in [5.41, 5.74) is 5.70. The van der Waals surface area contributed by atoms with Crippen molar-refractivity contribution in [2.24, 2.45) is 0 Å². The average Bonchev–Trinajstić information content (AvgIpc) is 2.58. The fourth-order valence-corrected chi connectivity index (χ4v) is 1.77. The summed E-state index contributed by atoms with van der Waals surface area (Å²) in [5.74, 6) is 0.635. The third kappa shape index (κ3) is 1.18. The van der Waals surface area contributed by atoms with E-state index in [0.717, 1.165) is 13.1 Å². The van der Waals surface area contributed by atoms with Crippen LogP contribution < -0.4 is 5.73 Å². The van der Waals surface area contributed by atoms with Gasteiger partial charge in [0.15, 0.2) is 5.95 Å². The van der Waals surface area contributed by atoms with E-state index in [1.54, 1.807) is 6.20 Å². The Bertz CT molecular complexity index is 268. The van der Waals surface area contributed by atoms with Crippen molar-refractivity contribution in [3.63, 3.8) is 0 Å². The largest absolute Gasteiger partial charge is 0.369 e. The van der Waals surface area contributed by atoms with Crippen molar-refractivity contribution in [1.82, 2.24) is 14.5 Å². The summed E-state index contributed by atoms with van der Waals surface area (Å²) >= 11 is 0. The lowest BCUT2D eigenvalue weighted by atomic mass is 10.2. The summed E-state index contributed by atoms with van der Waals surface area (Å²) in [5, 5.41) is 0. The van der Waals surface area contributed by atoms with Crippen LogP contribution in [-0.2, 0) is 0 Å². The second-order valence-corrected chi connectivity index (χ2v) is 3.40. The van der Waals surface area contributed by atoms with Crippen molar-refractivity contribution in [3.8, 4) is 0 Å². The summed E-state index contributed by atoms with van der Waals surface area (Å²) in [7, 11) is 2.13. The van der Waals surface area contributed by atoms with Gasteiger partial charge in [0.2, 0.25) is 0 Å². The third-order valence-electron chi connectivity index (χ3n) is 2.46. The Balaban J connectivity index is 2.16. The smallest absolute Gasteiger partial charge is 0.200 e. The van der Waals surface area contributed by atoms with Crippen LogP contribution in [0.3, 0.4) is 0 Å².